The van der Waals surface area contributed by atoms with Gasteiger partial charge in [-0.3, -0.25) is 14.9 Å². The average Bonchev–Trinajstić information content (AvgIpc) is 3.28. The van der Waals surface area contributed by atoms with Gasteiger partial charge in [0.2, 0.25) is 15.9 Å². The van der Waals surface area contributed by atoms with Crippen molar-refractivity contribution >= 4 is 38.1 Å². The van der Waals surface area contributed by atoms with Crippen molar-refractivity contribution < 1.29 is 18.1 Å². The van der Waals surface area contributed by atoms with E-state index >= 15 is 0 Å². The van der Waals surface area contributed by atoms with E-state index in [9.17, 15) is 23.3 Å². The van der Waals surface area contributed by atoms with Crippen molar-refractivity contribution in [2.24, 2.45) is 5.92 Å². The molecule has 1 fully saturated rings. The molecular weight excluding hydrogens is 464 g/mol. The molecule has 1 N–H and O–H groups in total. The first-order valence-corrected chi connectivity index (χ1v) is 12.6. The summed E-state index contributed by atoms with van der Waals surface area (Å²) in [6.45, 7) is 2.44. The average molecular weight is 487 g/mol. The summed E-state index contributed by atoms with van der Waals surface area (Å²) in [5.41, 5.74) is 2.09. The number of benzene rings is 2. The van der Waals surface area contributed by atoms with E-state index in [-0.39, 0.29) is 35.5 Å². The van der Waals surface area contributed by atoms with Gasteiger partial charge in [0.1, 0.15) is 0 Å². The molecule has 172 valence electrons. The van der Waals surface area contributed by atoms with Crippen LogP contribution in [0.4, 0.5) is 10.8 Å². The topological polar surface area (TPSA) is 123 Å². The molecule has 0 atom stereocenters. The maximum absolute atomic E-state index is 12.8. The van der Waals surface area contributed by atoms with E-state index in [0.29, 0.717) is 29.2 Å². The fourth-order valence-electron chi connectivity index (χ4n) is 3.67. The Morgan fingerprint density at radius 2 is 1.88 bits per heavy atom. The second-order valence-corrected chi connectivity index (χ2v) is 10.6. The van der Waals surface area contributed by atoms with Gasteiger partial charge in [-0.05, 0) is 31.9 Å². The van der Waals surface area contributed by atoms with Crippen molar-refractivity contribution in [3.8, 4) is 11.3 Å². The number of aryl methyl sites for hydroxylation is 1. The molecular formula is C22H22N4O5S2. The largest absolute Gasteiger partial charge is 0.302 e. The van der Waals surface area contributed by atoms with Crippen molar-refractivity contribution in [1.82, 2.24) is 9.29 Å². The van der Waals surface area contributed by atoms with Gasteiger partial charge >= 0.3 is 0 Å². The number of nitro groups is 1. The van der Waals surface area contributed by atoms with Crippen LogP contribution in [0.25, 0.3) is 11.3 Å². The monoisotopic (exact) mass is 486 g/mol. The number of anilines is 1. The summed E-state index contributed by atoms with van der Waals surface area (Å²) in [4.78, 5) is 27.9. The molecule has 9 nitrogen and oxygen atoms in total. The lowest BCUT2D eigenvalue weighted by molar-refractivity contribution is -0.384. The van der Waals surface area contributed by atoms with Crippen LogP contribution in [0.15, 0.2) is 58.8 Å². The molecule has 2 heterocycles. The molecule has 0 aliphatic carbocycles. The van der Waals surface area contributed by atoms with Crippen molar-refractivity contribution in [2.45, 2.75) is 24.7 Å². The van der Waals surface area contributed by atoms with Crippen LogP contribution in [0.5, 0.6) is 0 Å². The van der Waals surface area contributed by atoms with Crippen LogP contribution < -0.4 is 5.32 Å². The number of carbonyl (C=O) groups is 1. The van der Waals surface area contributed by atoms with Gasteiger partial charge in [0, 0.05) is 42.1 Å². The van der Waals surface area contributed by atoms with Crippen molar-refractivity contribution in [2.75, 3.05) is 18.4 Å². The maximum atomic E-state index is 12.8. The van der Waals surface area contributed by atoms with E-state index in [1.165, 1.54) is 27.8 Å². The van der Waals surface area contributed by atoms with Crippen LogP contribution in [0.3, 0.4) is 0 Å². The van der Waals surface area contributed by atoms with Gasteiger partial charge in [-0.25, -0.2) is 13.4 Å². The Labute approximate surface area is 195 Å². The molecule has 1 aliphatic rings. The highest BCUT2D eigenvalue weighted by molar-refractivity contribution is 7.89. The van der Waals surface area contributed by atoms with Crippen molar-refractivity contribution in [1.29, 1.82) is 0 Å². The standard InChI is InChI=1S/C22H22N4O5S2/c1-15-5-7-19(8-6-15)33(30,31)25-11-9-16(10-12-25)21(27)24-22-23-20(14-32-22)17-3-2-4-18(13-17)26(28)29/h2-8,13-14,16H,9-12H2,1H3,(H,23,24,27). The molecule has 1 saturated heterocycles. The van der Waals surface area contributed by atoms with Gasteiger partial charge in [0.15, 0.2) is 5.13 Å². The van der Waals surface area contributed by atoms with E-state index in [1.54, 1.807) is 41.8 Å². The first-order chi connectivity index (χ1) is 15.7. The number of piperidine rings is 1. The van der Waals surface area contributed by atoms with Gasteiger partial charge < -0.3 is 5.32 Å². The minimum absolute atomic E-state index is 0.0292. The molecule has 0 radical (unpaired) electrons. The minimum Gasteiger partial charge on any atom is -0.302 e. The predicted molar refractivity (Wildman–Crippen MR) is 125 cm³/mol. The smallest absolute Gasteiger partial charge is 0.270 e. The number of sulfonamides is 1. The van der Waals surface area contributed by atoms with Gasteiger partial charge in [0.05, 0.1) is 15.5 Å². The summed E-state index contributed by atoms with van der Waals surface area (Å²) < 4.78 is 27.1. The first-order valence-electron chi connectivity index (χ1n) is 10.3. The number of amides is 1. The molecule has 3 aromatic rings. The number of nitrogens with one attached hydrogen (secondary N) is 1. The van der Waals surface area contributed by atoms with Crippen molar-refractivity contribution in [3.05, 3.63) is 69.6 Å². The fraction of sp³-hybridized carbons (Fsp3) is 0.273. The molecule has 0 spiro atoms. The summed E-state index contributed by atoms with van der Waals surface area (Å²) in [7, 11) is -3.58. The number of rotatable bonds is 6. The van der Waals surface area contributed by atoms with Crippen LogP contribution >= 0.6 is 11.3 Å². The van der Waals surface area contributed by atoms with Gasteiger partial charge in [0.25, 0.3) is 5.69 Å². The van der Waals surface area contributed by atoms with E-state index in [0.717, 1.165) is 5.56 Å². The van der Waals surface area contributed by atoms with Gasteiger partial charge in [-0.2, -0.15) is 4.31 Å². The lowest BCUT2D eigenvalue weighted by atomic mass is 9.97. The summed E-state index contributed by atoms with van der Waals surface area (Å²) in [5.74, 6) is -0.526. The van der Waals surface area contributed by atoms with Crippen LogP contribution in [-0.2, 0) is 14.8 Å². The predicted octanol–water partition coefficient (Wildman–Crippen LogP) is 4.07. The number of nitrogens with zero attached hydrogens (tertiary/aromatic N) is 3. The summed E-state index contributed by atoms with van der Waals surface area (Å²) in [5, 5.41) is 15.9. The van der Waals surface area contributed by atoms with E-state index in [2.05, 4.69) is 10.3 Å². The number of non-ortho nitro benzene ring substituents is 1. The zero-order chi connectivity index (χ0) is 23.6. The highest BCUT2D eigenvalue weighted by atomic mass is 32.2. The summed E-state index contributed by atoms with van der Waals surface area (Å²) in [6, 6.07) is 12.9. The Morgan fingerprint density at radius 3 is 2.55 bits per heavy atom. The minimum atomic E-state index is -3.58. The number of nitro benzene ring substituents is 1. The highest BCUT2D eigenvalue weighted by Crippen LogP contribution is 2.29. The molecule has 1 amide bonds. The van der Waals surface area contributed by atoms with E-state index in [1.807, 2.05) is 6.92 Å². The third kappa shape index (κ3) is 5.10. The Hall–Kier alpha value is -3.15. The van der Waals surface area contributed by atoms with Crippen LogP contribution in [-0.4, -0.2) is 41.6 Å². The fourth-order valence-corrected chi connectivity index (χ4v) is 5.86. The number of hydrogen-bond acceptors (Lipinski definition) is 7. The van der Waals surface area contributed by atoms with Crippen molar-refractivity contribution in [3.63, 3.8) is 0 Å². The maximum Gasteiger partial charge on any atom is 0.270 e. The molecule has 0 bridgehead atoms. The number of hydrogen-bond donors (Lipinski definition) is 1. The number of aromatic nitrogens is 1. The van der Waals surface area contributed by atoms with Gasteiger partial charge in [-0.1, -0.05) is 29.8 Å². The Balaban J connectivity index is 1.37. The molecule has 33 heavy (non-hydrogen) atoms. The SMILES string of the molecule is Cc1ccc(S(=O)(=O)N2CCC(C(=O)Nc3nc(-c4cccc([N+](=O)[O-])c4)cs3)CC2)cc1. The Kier molecular flexibility index (Phi) is 6.54. The lowest BCUT2D eigenvalue weighted by Gasteiger charge is -2.30. The third-order valence-corrected chi connectivity index (χ3v) is 8.24. The second kappa shape index (κ2) is 9.38. The Morgan fingerprint density at radius 1 is 1.18 bits per heavy atom. The van der Waals surface area contributed by atoms with E-state index < -0.39 is 14.9 Å². The summed E-state index contributed by atoms with van der Waals surface area (Å²) in [6.07, 6.45) is 0.833. The van der Waals surface area contributed by atoms with Crippen LogP contribution in [0, 0.1) is 23.0 Å². The number of carbonyl (C=O) groups excluding carboxylic acids is 1. The van der Waals surface area contributed by atoms with Crippen LogP contribution in [0.2, 0.25) is 0 Å². The van der Waals surface area contributed by atoms with E-state index in [4.69, 9.17) is 0 Å². The first kappa shape index (κ1) is 23.0. The molecule has 0 saturated carbocycles. The zero-order valence-electron chi connectivity index (χ0n) is 17.8. The molecule has 2 aromatic carbocycles. The normalized spacial score (nSPS) is 15.3. The molecule has 1 aliphatic heterocycles. The van der Waals surface area contributed by atoms with Crippen LogP contribution in [0.1, 0.15) is 18.4 Å². The quantitative estimate of drug-likeness (QED) is 0.414. The second-order valence-electron chi connectivity index (χ2n) is 7.83. The lowest BCUT2D eigenvalue weighted by Crippen LogP contribution is -2.41. The molecule has 1 aromatic heterocycles. The molecule has 11 heteroatoms. The number of thiazole rings is 1. The molecule has 4 rings (SSSR count). The zero-order valence-corrected chi connectivity index (χ0v) is 19.4. The van der Waals surface area contributed by atoms with Gasteiger partial charge in [-0.15, -0.1) is 11.3 Å². The Bertz CT molecular complexity index is 1280. The summed E-state index contributed by atoms with van der Waals surface area (Å²) >= 11 is 1.23. The third-order valence-electron chi connectivity index (χ3n) is 5.57. The highest BCUT2D eigenvalue weighted by Gasteiger charge is 2.32. The molecule has 0 unspecified atom stereocenters.